The van der Waals surface area contributed by atoms with E-state index in [0.717, 1.165) is 38.9 Å². The zero-order valence-electron chi connectivity index (χ0n) is 16.0. The topological polar surface area (TPSA) is 78.3 Å². The van der Waals surface area contributed by atoms with Crippen LogP contribution < -0.4 is 5.32 Å². The second-order valence-electron chi connectivity index (χ2n) is 7.02. The molecule has 1 heterocycles. The van der Waals surface area contributed by atoms with Crippen LogP contribution in [0.4, 0.5) is 11.6 Å². The Hall–Kier alpha value is -3.60. The standard InChI is InChI=1S/C23H21N3O2/c1-13-6-4-5-7-18(13)19-10-16-12-24-23(25-20(16)11-21(19)28)26-22-14(2)8-17(27)9-15(22)3/h4-12,27-28H,1-3H3,(H,24,25,26). The lowest BCUT2D eigenvalue weighted by atomic mass is 9.98. The van der Waals surface area contributed by atoms with Crippen molar-refractivity contribution in [1.29, 1.82) is 0 Å². The summed E-state index contributed by atoms with van der Waals surface area (Å²) in [6.07, 6.45) is 1.75. The van der Waals surface area contributed by atoms with Gasteiger partial charge in [-0.2, -0.15) is 0 Å². The van der Waals surface area contributed by atoms with Crippen LogP contribution in [0.25, 0.3) is 22.0 Å². The number of aromatic nitrogens is 2. The third-order valence-corrected chi connectivity index (χ3v) is 4.89. The van der Waals surface area contributed by atoms with Crippen LogP contribution in [0.2, 0.25) is 0 Å². The lowest BCUT2D eigenvalue weighted by Crippen LogP contribution is -2.01. The van der Waals surface area contributed by atoms with E-state index < -0.39 is 0 Å². The summed E-state index contributed by atoms with van der Waals surface area (Å²) in [5.41, 5.74) is 6.16. The number of fused-ring (bicyclic) bond motifs is 1. The molecule has 1 aromatic heterocycles. The number of phenolic OH excluding ortho intramolecular Hbond substituents is 2. The molecule has 0 saturated carbocycles. The van der Waals surface area contributed by atoms with E-state index in [2.05, 4.69) is 15.3 Å². The Balaban J connectivity index is 1.75. The average molecular weight is 371 g/mol. The summed E-state index contributed by atoms with van der Waals surface area (Å²) in [4.78, 5) is 8.98. The third kappa shape index (κ3) is 3.22. The average Bonchev–Trinajstić information content (AvgIpc) is 2.64. The Morgan fingerprint density at radius 1 is 0.821 bits per heavy atom. The zero-order chi connectivity index (χ0) is 19.8. The van der Waals surface area contributed by atoms with E-state index in [4.69, 9.17) is 0 Å². The van der Waals surface area contributed by atoms with Gasteiger partial charge in [0.25, 0.3) is 0 Å². The highest BCUT2D eigenvalue weighted by molar-refractivity contribution is 5.89. The summed E-state index contributed by atoms with van der Waals surface area (Å²) >= 11 is 0. The third-order valence-electron chi connectivity index (χ3n) is 4.89. The molecule has 3 N–H and O–H groups in total. The fourth-order valence-corrected chi connectivity index (χ4v) is 3.47. The molecule has 5 heteroatoms. The van der Waals surface area contributed by atoms with E-state index in [9.17, 15) is 10.2 Å². The van der Waals surface area contributed by atoms with Gasteiger partial charge in [0.05, 0.1) is 5.52 Å². The highest BCUT2D eigenvalue weighted by Crippen LogP contribution is 2.35. The molecular formula is C23H21N3O2. The quantitative estimate of drug-likeness (QED) is 0.422. The highest BCUT2D eigenvalue weighted by atomic mass is 16.3. The van der Waals surface area contributed by atoms with Crippen molar-refractivity contribution in [1.82, 2.24) is 9.97 Å². The van der Waals surface area contributed by atoms with Crippen LogP contribution in [-0.4, -0.2) is 20.2 Å². The minimum absolute atomic E-state index is 0.184. The first kappa shape index (κ1) is 17.8. The Bertz CT molecular complexity index is 1180. The SMILES string of the molecule is Cc1ccccc1-c1cc2cnc(Nc3c(C)cc(O)cc3C)nc2cc1O. The van der Waals surface area contributed by atoms with Crippen LogP contribution in [0.15, 0.2) is 54.7 Å². The van der Waals surface area contributed by atoms with Gasteiger partial charge in [0.1, 0.15) is 11.5 Å². The molecule has 0 aliphatic carbocycles. The molecule has 0 spiro atoms. The number of aromatic hydroxyl groups is 2. The smallest absolute Gasteiger partial charge is 0.227 e. The Labute approximate surface area is 163 Å². The molecule has 140 valence electrons. The molecule has 0 saturated heterocycles. The van der Waals surface area contributed by atoms with Crippen LogP contribution in [0.3, 0.4) is 0 Å². The maximum absolute atomic E-state index is 10.6. The molecule has 4 rings (SSSR count). The van der Waals surface area contributed by atoms with E-state index in [0.29, 0.717) is 11.5 Å². The predicted octanol–water partition coefficient (Wildman–Crippen LogP) is 5.38. The minimum Gasteiger partial charge on any atom is -0.508 e. The zero-order valence-corrected chi connectivity index (χ0v) is 16.0. The van der Waals surface area contributed by atoms with Gasteiger partial charge in [0, 0.05) is 28.9 Å². The largest absolute Gasteiger partial charge is 0.508 e. The summed E-state index contributed by atoms with van der Waals surface area (Å²) in [5.74, 6) is 0.851. The van der Waals surface area contributed by atoms with Crippen LogP contribution in [0, 0.1) is 20.8 Å². The van der Waals surface area contributed by atoms with Crippen LogP contribution in [0.5, 0.6) is 11.5 Å². The number of aryl methyl sites for hydroxylation is 3. The number of hydrogen-bond donors (Lipinski definition) is 3. The van der Waals surface area contributed by atoms with Gasteiger partial charge >= 0.3 is 0 Å². The van der Waals surface area contributed by atoms with E-state index in [1.165, 1.54) is 0 Å². The Kier molecular flexibility index (Phi) is 4.35. The van der Waals surface area contributed by atoms with Gasteiger partial charge in [-0.3, -0.25) is 0 Å². The van der Waals surface area contributed by atoms with Gasteiger partial charge in [0.15, 0.2) is 0 Å². The molecule has 0 atom stereocenters. The first-order valence-electron chi connectivity index (χ1n) is 9.05. The summed E-state index contributed by atoms with van der Waals surface area (Å²) in [6, 6.07) is 14.9. The maximum Gasteiger partial charge on any atom is 0.227 e. The van der Waals surface area contributed by atoms with E-state index in [-0.39, 0.29) is 11.5 Å². The number of nitrogens with zero attached hydrogens (tertiary/aromatic N) is 2. The number of rotatable bonds is 3. The molecular weight excluding hydrogens is 350 g/mol. The van der Waals surface area contributed by atoms with Crippen molar-refractivity contribution in [2.24, 2.45) is 0 Å². The van der Waals surface area contributed by atoms with E-state index >= 15 is 0 Å². The lowest BCUT2D eigenvalue weighted by molar-refractivity contribution is 0.474. The molecule has 0 amide bonds. The van der Waals surface area contributed by atoms with Gasteiger partial charge in [-0.1, -0.05) is 24.3 Å². The lowest BCUT2D eigenvalue weighted by Gasteiger charge is -2.13. The molecule has 0 unspecified atom stereocenters. The molecule has 28 heavy (non-hydrogen) atoms. The van der Waals surface area contributed by atoms with Crippen molar-refractivity contribution < 1.29 is 10.2 Å². The molecule has 5 nitrogen and oxygen atoms in total. The Morgan fingerprint density at radius 3 is 2.25 bits per heavy atom. The number of hydrogen-bond acceptors (Lipinski definition) is 5. The van der Waals surface area contributed by atoms with Crippen molar-refractivity contribution in [2.45, 2.75) is 20.8 Å². The summed E-state index contributed by atoms with van der Waals surface area (Å²) in [7, 11) is 0. The molecule has 3 aromatic carbocycles. The van der Waals surface area contributed by atoms with Crippen molar-refractivity contribution in [3.63, 3.8) is 0 Å². The molecule has 0 aliphatic heterocycles. The first-order valence-corrected chi connectivity index (χ1v) is 9.05. The van der Waals surface area contributed by atoms with Gasteiger partial charge < -0.3 is 15.5 Å². The van der Waals surface area contributed by atoms with Gasteiger partial charge in [-0.25, -0.2) is 9.97 Å². The monoisotopic (exact) mass is 371 g/mol. The molecule has 0 radical (unpaired) electrons. The van der Waals surface area contributed by atoms with E-state index in [1.54, 1.807) is 24.4 Å². The first-order chi connectivity index (χ1) is 13.4. The van der Waals surface area contributed by atoms with Crippen molar-refractivity contribution in [3.8, 4) is 22.6 Å². The number of benzene rings is 3. The van der Waals surface area contributed by atoms with Gasteiger partial charge in [-0.05, 0) is 61.2 Å². The minimum atomic E-state index is 0.184. The van der Waals surface area contributed by atoms with Crippen LogP contribution in [0.1, 0.15) is 16.7 Å². The van der Waals surface area contributed by atoms with Crippen LogP contribution >= 0.6 is 0 Å². The Morgan fingerprint density at radius 2 is 1.54 bits per heavy atom. The maximum atomic E-state index is 10.6. The summed E-state index contributed by atoms with van der Waals surface area (Å²) < 4.78 is 0. The normalized spacial score (nSPS) is 11.0. The summed E-state index contributed by atoms with van der Waals surface area (Å²) in [6.45, 7) is 5.84. The number of phenols is 2. The van der Waals surface area contributed by atoms with Crippen LogP contribution in [-0.2, 0) is 0 Å². The predicted molar refractivity (Wildman–Crippen MR) is 112 cm³/mol. The second kappa shape index (κ2) is 6.85. The van der Waals surface area contributed by atoms with Gasteiger partial charge in [0.2, 0.25) is 5.95 Å². The van der Waals surface area contributed by atoms with Crippen molar-refractivity contribution >= 4 is 22.5 Å². The van der Waals surface area contributed by atoms with Crippen molar-refractivity contribution in [2.75, 3.05) is 5.32 Å². The second-order valence-corrected chi connectivity index (χ2v) is 7.02. The number of anilines is 2. The molecule has 0 bridgehead atoms. The van der Waals surface area contributed by atoms with Crippen molar-refractivity contribution in [3.05, 3.63) is 71.4 Å². The molecule has 4 aromatic rings. The highest BCUT2D eigenvalue weighted by Gasteiger charge is 2.12. The number of nitrogens with one attached hydrogen (secondary N) is 1. The molecule has 0 fully saturated rings. The fourth-order valence-electron chi connectivity index (χ4n) is 3.47. The van der Waals surface area contributed by atoms with Gasteiger partial charge in [-0.15, -0.1) is 0 Å². The summed E-state index contributed by atoms with van der Waals surface area (Å²) in [5, 5.41) is 24.4. The fraction of sp³-hybridized carbons (Fsp3) is 0.130. The molecule has 0 aliphatic rings. The van der Waals surface area contributed by atoms with E-state index in [1.807, 2.05) is 51.1 Å².